The molecule has 0 saturated carbocycles. The van der Waals surface area contributed by atoms with Gasteiger partial charge in [0.25, 0.3) is 5.91 Å². The first-order chi connectivity index (χ1) is 13.4. The first kappa shape index (κ1) is 19.1. The highest BCUT2D eigenvalue weighted by molar-refractivity contribution is 7.89. The summed E-state index contributed by atoms with van der Waals surface area (Å²) in [6, 6.07) is 4.72. The number of nitrogens with one attached hydrogen (secondary N) is 2. The maximum Gasteiger partial charge on any atom is 0.251 e. The normalized spacial score (nSPS) is 21.1. The molecule has 2 aliphatic heterocycles. The van der Waals surface area contributed by atoms with E-state index >= 15 is 0 Å². The van der Waals surface area contributed by atoms with Gasteiger partial charge in [0.05, 0.1) is 16.6 Å². The number of hydrogen-bond acceptors (Lipinski definition) is 4. The van der Waals surface area contributed by atoms with Gasteiger partial charge in [0.15, 0.2) is 0 Å². The van der Waals surface area contributed by atoms with E-state index in [1.807, 2.05) is 13.8 Å². The number of hydrogen-bond donors (Lipinski definition) is 2. The Bertz CT molecular complexity index is 993. The lowest BCUT2D eigenvalue weighted by Crippen LogP contribution is -2.36. The first-order valence-electron chi connectivity index (χ1n) is 9.84. The van der Waals surface area contributed by atoms with E-state index in [2.05, 4.69) is 15.5 Å². The van der Waals surface area contributed by atoms with E-state index in [9.17, 15) is 13.2 Å². The lowest BCUT2D eigenvalue weighted by Gasteiger charge is -2.30. The molecular weight excluding hydrogens is 376 g/mol. The Labute approximate surface area is 165 Å². The van der Waals surface area contributed by atoms with Crippen LogP contribution in [0.5, 0.6) is 0 Å². The highest BCUT2D eigenvalue weighted by Gasteiger charge is 2.36. The maximum absolute atomic E-state index is 13.6. The average molecular weight is 403 g/mol. The smallest absolute Gasteiger partial charge is 0.251 e. The third-order valence-corrected chi connectivity index (χ3v) is 7.74. The molecule has 0 bridgehead atoms. The molecule has 1 aromatic carbocycles. The number of benzene rings is 1. The van der Waals surface area contributed by atoms with E-state index in [-0.39, 0.29) is 16.8 Å². The molecule has 1 aromatic heterocycles. The van der Waals surface area contributed by atoms with Crippen LogP contribution in [-0.4, -0.2) is 41.9 Å². The molecule has 28 heavy (non-hydrogen) atoms. The quantitative estimate of drug-likeness (QED) is 0.825. The molecule has 4 rings (SSSR count). The van der Waals surface area contributed by atoms with Gasteiger partial charge in [-0.3, -0.25) is 9.89 Å². The second-order valence-corrected chi connectivity index (χ2v) is 9.54. The number of sulfonamides is 1. The highest BCUT2D eigenvalue weighted by Crippen LogP contribution is 2.37. The number of fused-ring (bicyclic) bond motifs is 1. The molecule has 2 aromatic rings. The van der Waals surface area contributed by atoms with Crippen LogP contribution >= 0.6 is 0 Å². The maximum atomic E-state index is 13.6. The number of carbonyl (C=O) groups excluding carboxylic acids is 1. The molecule has 7 nitrogen and oxygen atoms in total. The van der Waals surface area contributed by atoms with Gasteiger partial charge < -0.3 is 5.32 Å². The average Bonchev–Trinajstić information content (AvgIpc) is 2.86. The van der Waals surface area contributed by atoms with Gasteiger partial charge in [-0.1, -0.05) is 18.9 Å². The molecular formula is C20H26N4O3S. The Morgan fingerprint density at radius 1 is 1.18 bits per heavy atom. The van der Waals surface area contributed by atoms with Crippen LogP contribution in [0, 0.1) is 13.8 Å². The minimum Gasteiger partial charge on any atom is -0.352 e. The van der Waals surface area contributed by atoms with Crippen molar-refractivity contribution in [2.24, 2.45) is 0 Å². The Kier molecular flexibility index (Phi) is 5.01. The monoisotopic (exact) mass is 402 g/mol. The zero-order chi connectivity index (χ0) is 19.9. The van der Waals surface area contributed by atoms with Crippen molar-refractivity contribution in [3.63, 3.8) is 0 Å². The van der Waals surface area contributed by atoms with Crippen LogP contribution < -0.4 is 5.32 Å². The summed E-state index contributed by atoms with van der Waals surface area (Å²) in [6.07, 6.45) is 4.31. The van der Waals surface area contributed by atoms with E-state index < -0.39 is 10.0 Å². The molecule has 0 spiro atoms. The minimum absolute atomic E-state index is 0.189. The minimum atomic E-state index is -3.74. The molecule has 0 aliphatic carbocycles. The third-order valence-electron chi connectivity index (χ3n) is 5.83. The van der Waals surface area contributed by atoms with Gasteiger partial charge in [0.2, 0.25) is 10.0 Å². The SMILES string of the molecule is Cc1n[nH]c(C)c1C1CCCCCN1S(=O)(=O)c1ccc2c(c1)C(=O)NCC2. The third kappa shape index (κ3) is 3.24. The van der Waals surface area contributed by atoms with Crippen molar-refractivity contribution >= 4 is 15.9 Å². The fourth-order valence-corrected chi connectivity index (χ4v) is 6.09. The predicted octanol–water partition coefficient (Wildman–Crippen LogP) is 2.62. The summed E-state index contributed by atoms with van der Waals surface area (Å²) in [7, 11) is -3.74. The number of H-pyrrole nitrogens is 1. The molecule has 0 radical (unpaired) electrons. The zero-order valence-corrected chi connectivity index (χ0v) is 17.1. The molecule has 1 fully saturated rings. The fraction of sp³-hybridized carbons (Fsp3) is 0.500. The van der Waals surface area contributed by atoms with E-state index in [1.54, 1.807) is 16.4 Å². The largest absolute Gasteiger partial charge is 0.352 e. The van der Waals surface area contributed by atoms with Crippen LogP contribution in [-0.2, 0) is 16.4 Å². The second-order valence-electron chi connectivity index (χ2n) is 7.65. The van der Waals surface area contributed by atoms with E-state index in [0.29, 0.717) is 18.7 Å². The van der Waals surface area contributed by atoms with E-state index in [1.165, 1.54) is 6.07 Å². The van der Waals surface area contributed by atoms with Crippen molar-refractivity contribution in [2.45, 2.75) is 56.9 Å². The number of amides is 1. The van der Waals surface area contributed by atoms with Crippen molar-refractivity contribution < 1.29 is 13.2 Å². The lowest BCUT2D eigenvalue weighted by molar-refractivity contribution is 0.0945. The van der Waals surface area contributed by atoms with E-state index in [4.69, 9.17) is 0 Å². The van der Waals surface area contributed by atoms with Gasteiger partial charge >= 0.3 is 0 Å². The summed E-state index contributed by atoms with van der Waals surface area (Å²) in [4.78, 5) is 12.4. The van der Waals surface area contributed by atoms with Gasteiger partial charge in [0, 0.05) is 29.9 Å². The number of aromatic nitrogens is 2. The molecule has 1 amide bonds. The Morgan fingerprint density at radius 3 is 2.75 bits per heavy atom. The van der Waals surface area contributed by atoms with Gasteiger partial charge in [-0.15, -0.1) is 0 Å². The van der Waals surface area contributed by atoms with Gasteiger partial charge in [-0.2, -0.15) is 9.40 Å². The Morgan fingerprint density at radius 2 is 2.00 bits per heavy atom. The fourth-order valence-electron chi connectivity index (χ4n) is 4.40. The van der Waals surface area contributed by atoms with Crippen LogP contribution in [0.4, 0.5) is 0 Å². The topological polar surface area (TPSA) is 95.2 Å². The number of nitrogens with zero attached hydrogens (tertiary/aromatic N) is 2. The lowest BCUT2D eigenvalue weighted by atomic mass is 10.0. The number of aromatic amines is 1. The number of carbonyl (C=O) groups is 1. The Hall–Kier alpha value is -2.19. The van der Waals surface area contributed by atoms with Crippen molar-refractivity contribution in [1.29, 1.82) is 0 Å². The summed E-state index contributed by atoms with van der Waals surface area (Å²) in [5, 5.41) is 10.1. The summed E-state index contributed by atoms with van der Waals surface area (Å²) in [5.41, 5.74) is 4.09. The molecule has 1 saturated heterocycles. The molecule has 1 atom stereocenters. The van der Waals surface area contributed by atoms with Crippen LogP contribution in [0.2, 0.25) is 0 Å². The second kappa shape index (κ2) is 7.33. The summed E-state index contributed by atoms with van der Waals surface area (Å²) in [5.74, 6) is -0.202. The molecule has 2 N–H and O–H groups in total. The molecule has 1 unspecified atom stereocenters. The molecule has 8 heteroatoms. The van der Waals surface area contributed by atoms with Crippen molar-refractivity contribution in [3.8, 4) is 0 Å². The Balaban J connectivity index is 1.78. The van der Waals surface area contributed by atoms with Crippen molar-refractivity contribution in [3.05, 3.63) is 46.3 Å². The van der Waals surface area contributed by atoms with Crippen molar-refractivity contribution in [1.82, 2.24) is 19.8 Å². The van der Waals surface area contributed by atoms with Crippen molar-refractivity contribution in [2.75, 3.05) is 13.1 Å². The standard InChI is InChI=1S/C20H26N4O3S/c1-13-19(14(2)23-22-13)18-6-4-3-5-11-24(18)28(26,27)16-8-7-15-9-10-21-20(25)17(15)12-16/h7-8,12,18H,3-6,9-11H2,1-2H3,(H,21,25)(H,22,23). The van der Waals surface area contributed by atoms with Gasteiger partial charge in [-0.25, -0.2) is 8.42 Å². The van der Waals surface area contributed by atoms with Crippen LogP contribution in [0.3, 0.4) is 0 Å². The van der Waals surface area contributed by atoms with Crippen LogP contribution in [0.25, 0.3) is 0 Å². The number of aryl methyl sites for hydroxylation is 2. The predicted molar refractivity (Wildman–Crippen MR) is 106 cm³/mol. The summed E-state index contributed by atoms with van der Waals surface area (Å²) >= 11 is 0. The molecule has 150 valence electrons. The number of rotatable bonds is 3. The highest BCUT2D eigenvalue weighted by atomic mass is 32.2. The van der Waals surface area contributed by atoms with Gasteiger partial charge in [-0.05, 0) is 50.8 Å². The van der Waals surface area contributed by atoms with Crippen LogP contribution in [0.15, 0.2) is 23.1 Å². The molecule has 2 aliphatic rings. The van der Waals surface area contributed by atoms with Crippen LogP contribution in [0.1, 0.15) is 64.6 Å². The zero-order valence-electron chi connectivity index (χ0n) is 16.3. The van der Waals surface area contributed by atoms with E-state index in [0.717, 1.165) is 54.6 Å². The first-order valence-corrected chi connectivity index (χ1v) is 11.3. The molecule has 3 heterocycles. The summed E-state index contributed by atoms with van der Waals surface area (Å²) in [6.45, 7) is 4.91. The summed E-state index contributed by atoms with van der Waals surface area (Å²) < 4.78 is 28.9. The van der Waals surface area contributed by atoms with Gasteiger partial charge in [0.1, 0.15) is 0 Å².